The van der Waals surface area contributed by atoms with Crippen molar-refractivity contribution in [2.45, 2.75) is 21.8 Å². The number of rotatable bonds is 3. The van der Waals surface area contributed by atoms with Crippen molar-refractivity contribution in [1.82, 2.24) is 4.98 Å². The van der Waals surface area contributed by atoms with Gasteiger partial charge in [-0.2, -0.15) is 0 Å². The molecule has 0 saturated heterocycles. The second kappa shape index (κ2) is 5.31. The van der Waals surface area contributed by atoms with Crippen molar-refractivity contribution in [3.05, 3.63) is 48.0 Å². The number of thioether (sulfide) groups is 2. The Hall–Kier alpha value is -1.59. The zero-order valence-corrected chi connectivity index (χ0v) is 12.9. The Bertz CT molecular complexity index is 775. The lowest BCUT2D eigenvalue weighted by Crippen LogP contribution is -2.03. The molecule has 3 nitrogen and oxygen atoms in total. The number of anilines is 1. The van der Waals surface area contributed by atoms with Crippen LogP contribution in [0.2, 0.25) is 0 Å². The zero-order chi connectivity index (χ0) is 14.2. The molecule has 5 heteroatoms. The Balaban J connectivity index is 1.45. The van der Waals surface area contributed by atoms with E-state index in [-0.39, 0.29) is 0 Å². The second-order valence-corrected chi connectivity index (χ2v) is 7.38. The Morgan fingerprint density at radius 2 is 2.19 bits per heavy atom. The third-order valence-corrected chi connectivity index (χ3v) is 6.02. The molecule has 0 radical (unpaired) electrons. The fraction of sp³-hybridized carbons (Fsp3) is 0.188. The fourth-order valence-electron chi connectivity index (χ4n) is 2.49. The summed E-state index contributed by atoms with van der Waals surface area (Å²) < 4.78 is 5.75. The summed E-state index contributed by atoms with van der Waals surface area (Å²) in [4.78, 5) is 5.91. The molecule has 0 amide bonds. The predicted molar refractivity (Wildman–Crippen MR) is 88.9 cm³/mol. The van der Waals surface area contributed by atoms with E-state index in [1.165, 1.54) is 10.5 Å². The van der Waals surface area contributed by atoms with E-state index in [1.807, 2.05) is 30.0 Å². The fourth-order valence-corrected chi connectivity index (χ4v) is 4.81. The molecule has 3 aromatic rings. The standard InChI is InChI=1S/C16H14N2OS2/c17-11-5-6-13-14(8-11)19-16(18-13)20-9-12-7-10-3-1-2-4-15(10)21-12/h1-6,8,12H,7,9,17H2. The summed E-state index contributed by atoms with van der Waals surface area (Å²) in [6.45, 7) is 0. The molecule has 0 fully saturated rings. The molecule has 1 aliphatic heterocycles. The molecule has 2 heterocycles. The van der Waals surface area contributed by atoms with Crippen molar-refractivity contribution in [3.8, 4) is 0 Å². The van der Waals surface area contributed by atoms with Gasteiger partial charge < -0.3 is 10.2 Å². The molecule has 1 atom stereocenters. The van der Waals surface area contributed by atoms with E-state index < -0.39 is 0 Å². The van der Waals surface area contributed by atoms with Crippen molar-refractivity contribution in [3.63, 3.8) is 0 Å². The third kappa shape index (κ3) is 2.63. The topological polar surface area (TPSA) is 52.0 Å². The average molecular weight is 314 g/mol. The van der Waals surface area contributed by atoms with Gasteiger partial charge in [0.25, 0.3) is 5.22 Å². The minimum Gasteiger partial charge on any atom is -0.431 e. The molecule has 0 bridgehead atoms. The molecule has 2 N–H and O–H groups in total. The molecule has 0 saturated carbocycles. The van der Waals surface area contributed by atoms with Gasteiger partial charge in [0, 0.05) is 27.7 Å². The zero-order valence-electron chi connectivity index (χ0n) is 11.3. The SMILES string of the molecule is Nc1ccc2nc(SCC3Cc4ccccc4S3)oc2c1. The van der Waals surface area contributed by atoms with E-state index in [0.717, 1.165) is 28.5 Å². The monoisotopic (exact) mass is 314 g/mol. The van der Waals surface area contributed by atoms with Crippen LogP contribution in [-0.4, -0.2) is 16.0 Å². The van der Waals surface area contributed by atoms with Gasteiger partial charge in [0.05, 0.1) is 0 Å². The minimum absolute atomic E-state index is 0.590. The van der Waals surface area contributed by atoms with Gasteiger partial charge in [-0.15, -0.1) is 11.8 Å². The maximum absolute atomic E-state index is 5.76. The number of nitrogens with two attached hydrogens (primary N) is 1. The van der Waals surface area contributed by atoms with Gasteiger partial charge in [0.2, 0.25) is 0 Å². The third-order valence-electron chi connectivity index (χ3n) is 3.50. The molecule has 1 aliphatic rings. The molecule has 0 aliphatic carbocycles. The van der Waals surface area contributed by atoms with Crippen LogP contribution < -0.4 is 5.73 Å². The van der Waals surface area contributed by atoms with Gasteiger partial charge in [-0.3, -0.25) is 0 Å². The van der Waals surface area contributed by atoms with E-state index in [2.05, 4.69) is 29.2 Å². The molecular formula is C16H14N2OS2. The molecule has 2 aromatic carbocycles. The number of fused-ring (bicyclic) bond motifs is 2. The van der Waals surface area contributed by atoms with Crippen LogP contribution in [0.1, 0.15) is 5.56 Å². The lowest BCUT2D eigenvalue weighted by atomic mass is 10.1. The van der Waals surface area contributed by atoms with Crippen LogP contribution >= 0.6 is 23.5 Å². The van der Waals surface area contributed by atoms with E-state index in [4.69, 9.17) is 10.2 Å². The minimum atomic E-state index is 0.590. The number of oxazole rings is 1. The van der Waals surface area contributed by atoms with Crippen molar-refractivity contribution < 1.29 is 4.42 Å². The van der Waals surface area contributed by atoms with E-state index in [9.17, 15) is 0 Å². The maximum Gasteiger partial charge on any atom is 0.256 e. The van der Waals surface area contributed by atoms with Crippen LogP contribution in [0.5, 0.6) is 0 Å². The molecule has 4 rings (SSSR count). The normalized spacial score (nSPS) is 17.2. The van der Waals surface area contributed by atoms with Crippen molar-refractivity contribution in [2.75, 3.05) is 11.5 Å². The average Bonchev–Trinajstić information content (AvgIpc) is 3.07. The van der Waals surface area contributed by atoms with E-state index >= 15 is 0 Å². The predicted octanol–water partition coefficient (Wildman–Crippen LogP) is 4.22. The van der Waals surface area contributed by atoms with E-state index in [0.29, 0.717) is 10.9 Å². The van der Waals surface area contributed by atoms with Crippen molar-refractivity contribution >= 4 is 40.3 Å². The molecule has 1 unspecified atom stereocenters. The maximum atomic E-state index is 5.76. The largest absolute Gasteiger partial charge is 0.431 e. The lowest BCUT2D eigenvalue weighted by Gasteiger charge is -2.04. The first-order valence-corrected chi connectivity index (χ1v) is 8.68. The number of hydrogen-bond acceptors (Lipinski definition) is 5. The van der Waals surface area contributed by atoms with Crippen molar-refractivity contribution in [2.24, 2.45) is 0 Å². The van der Waals surface area contributed by atoms with Gasteiger partial charge in [-0.25, -0.2) is 4.98 Å². The van der Waals surface area contributed by atoms with Gasteiger partial charge in [0.15, 0.2) is 5.58 Å². The molecule has 106 valence electrons. The lowest BCUT2D eigenvalue weighted by molar-refractivity contribution is 0.489. The number of nitrogen functional groups attached to an aromatic ring is 1. The summed E-state index contributed by atoms with van der Waals surface area (Å²) in [5, 5.41) is 1.32. The first-order valence-electron chi connectivity index (χ1n) is 6.81. The Morgan fingerprint density at radius 1 is 1.29 bits per heavy atom. The highest BCUT2D eigenvalue weighted by molar-refractivity contribution is 8.03. The smallest absolute Gasteiger partial charge is 0.256 e. The summed E-state index contributed by atoms with van der Waals surface area (Å²) in [5.41, 5.74) is 9.55. The number of hydrogen-bond donors (Lipinski definition) is 1. The van der Waals surface area contributed by atoms with Gasteiger partial charge >= 0.3 is 0 Å². The van der Waals surface area contributed by atoms with Gasteiger partial charge in [-0.05, 0) is 30.2 Å². The van der Waals surface area contributed by atoms with Crippen LogP contribution in [0, 0.1) is 0 Å². The summed E-state index contributed by atoms with van der Waals surface area (Å²) >= 11 is 3.63. The second-order valence-electron chi connectivity index (χ2n) is 5.07. The summed E-state index contributed by atoms with van der Waals surface area (Å²) in [7, 11) is 0. The highest BCUT2D eigenvalue weighted by Gasteiger charge is 2.22. The summed E-state index contributed by atoms with van der Waals surface area (Å²) in [6, 6.07) is 14.2. The molecule has 21 heavy (non-hydrogen) atoms. The first-order chi connectivity index (χ1) is 10.3. The van der Waals surface area contributed by atoms with Crippen LogP contribution in [0.4, 0.5) is 5.69 Å². The van der Waals surface area contributed by atoms with Crippen molar-refractivity contribution in [1.29, 1.82) is 0 Å². The van der Waals surface area contributed by atoms with E-state index in [1.54, 1.807) is 11.8 Å². The van der Waals surface area contributed by atoms with Crippen LogP contribution in [0.25, 0.3) is 11.1 Å². The van der Waals surface area contributed by atoms with Gasteiger partial charge in [0.1, 0.15) is 5.52 Å². The molecule has 1 aromatic heterocycles. The van der Waals surface area contributed by atoms with Crippen LogP contribution in [0.15, 0.2) is 57.0 Å². The quantitative estimate of drug-likeness (QED) is 0.579. The summed E-state index contributed by atoms with van der Waals surface area (Å²) in [6.07, 6.45) is 1.13. The number of benzene rings is 2. The highest BCUT2D eigenvalue weighted by atomic mass is 32.2. The number of aromatic nitrogens is 1. The van der Waals surface area contributed by atoms with Gasteiger partial charge in [-0.1, -0.05) is 30.0 Å². The molecule has 0 spiro atoms. The highest BCUT2D eigenvalue weighted by Crippen LogP contribution is 2.39. The Labute approximate surface area is 131 Å². The first kappa shape index (κ1) is 13.1. The van der Waals surface area contributed by atoms with Crippen LogP contribution in [0.3, 0.4) is 0 Å². The Kier molecular flexibility index (Phi) is 3.31. The van der Waals surface area contributed by atoms with Crippen LogP contribution in [-0.2, 0) is 6.42 Å². The Morgan fingerprint density at radius 3 is 3.10 bits per heavy atom. The molecular weight excluding hydrogens is 300 g/mol. The summed E-state index contributed by atoms with van der Waals surface area (Å²) in [5.74, 6) is 1.00. The number of nitrogens with zero attached hydrogens (tertiary/aromatic N) is 1.